The Hall–Kier alpha value is -2.92. The Morgan fingerprint density at radius 2 is 1.93 bits per heavy atom. The first-order valence-electron chi connectivity index (χ1n) is 8.68. The lowest BCUT2D eigenvalue weighted by atomic mass is 10.1. The minimum absolute atomic E-state index is 0.152. The topological polar surface area (TPSA) is 65.1 Å². The summed E-state index contributed by atoms with van der Waals surface area (Å²) in [5.74, 6) is 0. The van der Waals surface area contributed by atoms with Gasteiger partial charge in [-0.15, -0.1) is 0 Å². The van der Waals surface area contributed by atoms with Gasteiger partial charge in [0.15, 0.2) is 0 Å². The number of rotatable bonds is 3. The molecular weight excluding hydrogens is 364 g/mol. The van der Waals surface area contributed by atoms with Crippen molar-refractivity contribution in [3.8, 4) is 0 Å². The molecule has 0 saturated heterocycles. The Morgan fingerprint density at radius 1 is 1.11 bits per heavy atom. The van der Waals surface area contributed by atoms with Crippen LogP contribution in [-0.4, -0.2) is 9.55 Å². The Morgan fingerprint density at radius 3 is 2.70 bits per heavy atom. The van der Waals surface area contributed by atoms with E-state index in [9.17, 15) is 9.59 Å². The molecule has 0 aliphatic carbocycles. The van der Waals surface area contributed by atoms with Gasteiger partial charge in [-0.25, -0.2) is 9.78 Å². The van der Waals surface area contributed by atoms with E-state index < -0.39 is 5.63 Å². The fraction of sp³-hybridized carbons (Fsp3) is 0.190. The van der Waals surface area contributed by atoms with Gasteiger partial charge in [0.1, 0.15) is 5.58 Å². The molecule has 0 amide bonds. The van der Waals surface area contributed by atoms with E-state index in [4.69, 9.17) is 16.0 Å². The quantitative estimate of drug-likeness (QED) is 0.502. The van der Waals surface area contributed by atoms with Gasteiger partial charge in [0.05, 0.1) is 23.8 Å². The Balaban J connectivity index is 1.90. The van der Waals surface area contributed by atoms with Crippen LogP contribution in [0.3, 0.4) is 0 Å². The van der Waals surface area contributed by atoms with Crippen LogP contribution in [0.15, 0.2) is 56.7 Å². The molecule has 6 heteroatoms. The van der Waals surface area contributed by atoms with Gasteiger partial charge in [0.25, 0.3) is 5.56 Å². The first kappa shape index (κ1) is 17.5. The molecule has 0 aliphatic heterocycles. The third kappa shape index (κ3) is 3.04. The van der Waals surface area contributed by atoms with Crippen molar-refractivity contribution in [3.63, 3.8) is 0 Å². The Kier molecular flexibility index (Phi) is 4.32. The number of hydrogen-bond donors (Lipinski definition) is 0. The predicted molar refractivity (Wildman–Crippen MR) is 107 cm³/mol. The second-order valence-corrected chi connectivity index (χ2v) is 6.94. The van der Waals surface area contributed by atoms with E-state index in [-0.39, 0.29) is 12.1 Å². The highest BCUT2D eigenvalue weighted by Gasteiger charge is 2.12. The van der Waals surface area contributed by atoms with E-state index in [1.54, 1.807) is 18.2 Å². The summed E-state index contributed by atoms with van der Waals surface area (Å²) in [4.78, 5) is 29.3. The molecule has 136 valence electrons. The van der Waals surface area contributed by atoms with Gasteiger partial charge >= 0.3 is 5.63 Å². The van der Waals surface area contributed by atoms with Crippen LogP contribution in [0.25, 0.3) is 21.9 Å². The zero-order valence-electron chi connectivity index (χ0n) is 15.0. The minimum Gasteiger partial charge on any atom is -0.423 e. The van der Waals surface area contributed by atoms with Crippen LogP contribution < -0.4 is 11.2 Å². The van der Waals surface area contributed by atoms with Crippen LogP contribution >= 0.6 is 11.6 Å². The minimum atomic E-state index is -0.459. The summed E-state index contributed by atoms with van der Waals surface area (Å²) in [5, 5.41) is 1.88. The lowest BCUT2D eigenvalue weighted by molar-refractivity contribution is 0.557. The zero-order chi connectivity index (χ0) is 19.1. The number of aromatic nitrogens is 2. The average Bonchev–Trinajstić information content (AvgIpc) is 2.64. The van der Waals surface area contributed by atoms with Crippen LogP contribution in [0.2, 0.25) is 5.02 Å². The Labute approximate surface area is 159 Å². The molecule has 27 heavy (non-hydrogen) atoms. The number of hydrogen-bond acceptors (Lipinski definition) is 4. The monoisotopic (exact) mass is 380 g/mol. The molecular formula is C21H17ClN2O3. The summed E-state index contributed by atoms with van der Waals surface area (Å²) >= 11 is 6.34. The van der Waals surface area contributed by atoms with Gasteiger partial charge in [-0.3, -0.25) is 9.36 Å². The average molecular weight is 381 g/mol. The normalized spacial score (nSPS) is 11.4. The van der Waals surface area contributed by atoms with E-state index >= 15 is 0 Å². The molecule has 5 nitrogen and oxygen atoms in total. The summed E-state index contributed by atoms with van der Waals surface area (Å²) < 4.78 is 6.83. The summed E-state index contributed by atoms with van der Waals surface area (Å²) in [7, 11) is 0. The van der Waals surface area contributed by atoms with Crippen molar-refractivity contribution in [2.75, 3.05) is 0 Å². The number of fused-ring (bicyclic) bond motifs is 2. The largest absolute Gasteiger partial charge is 0.423 e. The lowest BCUT2D eigenvalue weighted by Gasteiger charge is -2.11. The third-order valence-electron chi connectivity index (χ3n) is 4.77. The van der Waals surface area contributed by atoms with E-state index in [0.29, 0.717) is 32.5 Å². The maximum Gasteiger partial charge on any atom is 0.336 e. The molecule has 0 unspecified atom stereocenters. The van der Waals surface area contributed by atoms with Gasteiger partial charge in [-0.1, -0.05) is 30.7 Å². The second kappa shape index (κ2) is 6.67. The van der Waals surface area contributed by atoms with Gasteiger partial charge in [0.2, 0.25) is 0 Å². The summed E-state index contributed by atoms with van der Waals surface area (Å²) in [6, 6.07) is 10.5. The molecule has 4 aromatic rings. The van der Waals surface area contributed by atoms with Gasteiger partial charge in [-0.2, -0.15) is 0 Å². The fourth-order valence-electron chi connectivity index (χ4n) is 3.32. The van der Waals surface area contributed by atoms with E-state index in [0.717, 1.165) is 17.5 Å². The Bertz CT molecular complexity index is 1300. The second-order valence-electron chi connectivity index (χ2n) is 6.53. The number of aryl methyl sites for hydroxylation is 2. The van der Waals surface area contributed by atoms with E-state index in [1.165, 1.54) is 17.0 Å². The van der Waals surface area contributed by atoms with Crippen LogP contribution in [-0.2, 0) is 13.0 Å². The van der Waals surface area contributed by atoms with E-state index in [2.05, 4.69) is 4.98 Å². The van der Waals surface area contributed by atoms with Crippen molar-refractivity contribution in [2.45, 2.75) is 26.8 Å². The number of halogens is 1. The summed E-state index contributed by atoms with van der Waals surface area (Å²) in [5.41, 5.74) is 3.07. The van der Waals surface area contributed by atoms with Crippen molar-refractivity contribution < 1.29 is 4.42 Å². The van der Waals surface area contributed by atoms with Gasteiger partial charge in [-0.05, 0) is 48.2 Å². The van der Waals surface area contributed by atoms with E-state index in [1.807, 2.05) is 26.0 Å². The molecule has 0 radical (unpaired) electrons. The van der Waals surface area contributed by atoms with Crippen LogP contribution in [0.5, 0.6) is 0 Å². The standard InChI is InChI=1S/C21H17ClN2O3/c1-3-13-7-18-16(9-17(13)22)14(8-19(25)27-18)10-24-11-23-20-12(2)5-4-6-15(20)21(24)26/h4-9,11H,3,10H2,1-2H3. The molecule has 2 aromatic heterocycles. The van der Waals surface area contributed by atoms with Gasteiger partial charge in [0, 0.05) is 16.5 Å². The molecule has 0 atom stereocenters. The van der Waals surface area contributed by atoms with Crippen molar-refractivity contribution in [3.05, 3.63) is 85.2 Å². The maximum absolute atomic E-state index is 12.9. The number of nitrogens with zero attached hydrogens (tertiary/aromatic N) is 2. The molecule has 0 spiro atoms. The molecule has 0 saturated carbocycles. The highest BCUT2D eigenvalue weighted by atomic mass is 35.5. The van der Waals surface area contributed by atoms with Crippen molar-refractivity contribution >= 4 is 33.5 Å². The first-order chi connectivity index (χ1) is 13.0. The van der Waals surface area contributed by atoms with Gasteiger partial charge < -0.3 is 4.42 Å². The van der Waals surface area contributed by atoms with Crippen molar-refractivity contribution in [2.24, 2.45) is 0 Å². The maximum atomic E-state index is 12.9. The first-order valence-corrected chi connectivity index (χ1v) is 9.05. The van der Waals surface area contributed by atoms with Crippen molar-refractivity contribution in [1.29, 1.82) is 0 Å². The molecule has 2 aromatic carbocycles. The molecule has 0 aliphatic rings. The third-order valence-corrected chi connectivity index (χ3v) is 5.13. The molecule has 0 bridgehead atoms. The summed E-state index contributed by atoms with van der Waals surface area (Å²) in [6.07, 6.45) is 2.25. The molecule has 2 heterocycles. The molecule has 4 rings (SSSR count). The number of benzene rings is 2. The molecule has 0 N–H and O–H groups in total. The fourth-order valence-corrected chi connectivity index (χ4v) is 3.62. The SMILES string of the molecule is CCc1cc2oc(=O)cc(Cn3cnc4c(C)cccc4c3=O)c2cc1Cl. The van der Waals surface area contributed by atoms with Crippen LogP contribution in [0, 0.1) is 6.92 Å². The number of para-hydroxylation sites is 1. The predicted octanol–water partition coefficient (Wildman–Crippen LogP) is 4.08. The highest BCUT2D eigenvalue weighted by Crippen LogP contribution is 2.26. The highest BCUT2D eigenvalue weighted by molar-refractivity contribution is 6.32. The van der Waals surface area contributed by atoms with Crippen LogP contribution in [0.4, 0.5) is 0 Å². The molecule has 0 fully saturated rings. The van der Waals surface area contributed by atoms with Crippen LogP contribution in [0.1, 0.15) is 23.6 Å². The zero-order valence-corrected chi connectivity index (χ0v) is 15.7. The summed E-state index contributed by atoms with van der Waals surface area (Å²) in [6.45, 7) is 4.11. The lowest BCUT2D eigenvalue weighted by Crippen LogP contribution is -2.22. The smallest absolute Gasteiger partial charge is 0.336 e. The van der Waals surface area contributed by atoms with Crippen molar-refractivity contribution in [1.82, 2.24) is 9.55 Å².